The number of hydrogen-bond acceptors (Lipinski definition) is 2. The summed E-state index contributed by atoms with van der Waals surface area (Å²) in [5, 5.41) is 0. The highest BCUT2D eigenvalue weighted by molar-refractivity contribution is 6.64. The highest BCUT2D eigenvalue weighted by atomic mass is 28.4. The van der Waals surface area contributed by atoms with E-state index in [1.165, 1.54) is 0 Å². The predicted molar refractivity (Wildman–Crippen MR) is 51.2 cm³/mol. The molecule has 0 aliphatic rings. The minimum absolute atomic E-state index is 1.10. The van der Waals surface area contributed by atoms with Crippen LogP contribution in [0.15, 0.2) is 0 Å². The van der Waals surface area contributed by atoms with Crippen LogP contribution in [0.1, 0.15) is 0 Å². The average molecular weight is 284 g/mol. The second kappa shape index (κ2) is 7.22. The van der Waals surface area contributed by atoms with Gasteiger partial charge in [0.1, 0.15) is 13.3 Å². The minimum Gasteiger partial charge on any atom is -0.361 e. The summed E-state index contributed by atoms with van der Waals surface area (Å²) in [4.78, 5) is 0. The van der Waals surface area contributed by atoms with Gasteiger partial charge < -0.3 is 8.85 Å². The zero-order valence-corrected chi connectivity index (χ0v) is 10.3. The SMILES string of the molecule is C[Si](C)(OC(F)C(F)CF)OC(F)C(F)CF. The Labute approximate surface area is 96.1 Å². The third kappa shape index (κ3) is 6.27. The summed E-state index contributed by atoms with van der Waals surface area (Å²) >= 11 is 0. The van der Waals surface area contributed by atoms with E-state index in [4.69, 9.17) is 0 Å². The Kier molecular flexibility index (Phi) is 7.10. The molecule has 0 rings (SSSR count). The molecule has 0 saturated carbocycles. The molecule has 4 atom stereocenters. The maximum Gasteiger partial charge on any atom is 0.336 e. The molecule has 104 valence electrons. The standard InChI is InChI=1S/C8H14F6O2Si/c1-17(2,15-7(13)5(11)3-9)16-8(14)6(12)4-10/h5-8H,3-4H2,1-2H3. The van der Waals surface area contributed by atoms with Crippen LogP contribution in [-0.4, -0.2) is 47.0 Å². The van der Waals surface area contributed by atoms with Crippen molar-refractivity contribution >= 4 is 8.56 Å². The highest BCUT2D eigenvalue weighted by Crippen LogP contribution is 2.20. The van der Waals surface area contributed by atoms with Gasteiger partial charge >= 0.3 is 8.56 Å². The van der Waals surface area contributed by atoms with Crippen molar-refractivity contribution in [2.75, 3.05) is 13.3 Å². The Morgan fingerprint density at radius 3 is 1.35 bits per heavy atom. The third-order valence-corrected chi connectivity index (χ3v) is 3.24. The van der Waals surface area contributed by atoms with Crippen LogP contribution in [0.5, 0.6) is 0 Å². The first kappa shape index (κ1) is 16.7. The van der Waals surface area contributed by atoms with Crippen molar-refractivity contribution in [3.8, 4) is 0 Å². The second-order valence-corrected chi connectivity index (χ2v) is 6.95. The van der Waals surface area contributed by atoms with Crippen LogP contribution in [-0.2, 0) is 8.85 Å². The van der Waals surface area contributed by atoms with Crippen molar-refractivity contribution in [1.82, 2.24) is 0 Å². The zero-order valence-electron chi connectivity index (χ0n) is 9.31. The molecule has 9 heteroatoms. The van der Waals surface area contributed by atoms with Crippen molar-refractivity contribution in [3.63, 3.8) is 0 Å². The lowest BCUT2D eigenvalue weighted by Crippen LogP contribution is -2.45. The smallest absolute Gasteiger partial charge is 0.336 e. The first-order valence-electron chi connectivity index (χ1n) is 4.77. The Morgan fingerprint density at radius 2 is 1.12 bits per heavy atom. The normalized spacial score (nSPS) is 19.8. The molecule has 0 amide bonds. The number of alkyl halides is 6. The number of hydrogen-bond donors (Lipinski definition) is 0. The Morgan fingerprint density at radius 1 is 0.824 bits per heavy atom. The van der Waals surface area contributed by atoms with E-state index in [0.29, 0.717) is 0 Å². The Balaban J connectivity index is 4.28. The van der Waals surface area contributed by atoms with Gasteiger partial charge in [-0.05, 0) is 13.1 Å². The number of halogens is 6. The molecule has 0 heterocycles. The molecule has 0 spiro atoms. The topological polar surface area (TPSA) is 18.5 Å². The lowest BCUT2D eigenvalue weighted by Gasteiger charge is -2.27. The largest absolute Gasteiger partial charge is 0.361 e. The highest BCUT2D eigenvalue weighted by Gasteiger charge is 2.37. The molecule has 4 unspecified atom stereocenters. The van der Waals surface area contributed by atoms with Crippen LogP contribution in [0.25, 0.3) is 0 Å². The van der Waals surface area contributed by atoms with E-state index in [9.17, 15) is 26.3 Å². The summed E-state index contributed by atoms with van der Waals surface area (Å²) in [7, 11) is -3.55. The van der Waals surface area contributed by atoms with E-state index in [1.54, 1.807) is 0 Å². The van der Waals surface area contributed by atoms with Crippen LogP contribution < -0.4 is 0 Å². The molecule has 2 nitrogen and oxygen atoms in total. The summed E-state index contributed by atoms with van der Waals surface area (Å²) in [5.41, 5.74) is 0. The van der Waals surface area contributed by atoms with Gasteiger partial charge in [0, 0.05) is 0 Å². The Bertz CT molecular complexity index is 200. The monoisotopic (exact) mass is 284 g/mol. The van der Waals surface area contributed by atoms with E-state index in [-0.39, 0.29) is 0 Å². The maximum atomic E-state index is 12.9. The van der Waals surface area contributed by atoms with Crippen LogP contribution in [0.2, 0.25) is 13.1 Å². The van der Waals surface area contributed by atoms with Gasteiger partial charge in [0.15, 0.2) is 12.3 Å². The molecule has 17 heavy (non-hydrogen) atoms. The second-order valence-electron chi connectivity index (χ2n) is 3.68. The average Bonchev–Trinajstić information content (AvgIpc) is 2.25. The Hall–Kier alpha value is -0.283. The first-order valence-corrected chi connectivity index (χ1v) is 7.59. The summed E-state index contributed by atoms with van der Waals surface area (Å²) in [6, 6.07) is 0. The van der Waals surface area contributed by atoms with Gasteiger partial charge in [-0.1, -0.05) is 0 Å². The molecule has 0 aromatic rings. The third-order valence-electron chi connectivity index (χ3n) is 1.66. The van der Waals surface area contributed by atoms with Crippen LogP contribution in [0, 0.1) is 0 Å². The maximum absolute atomic E-state index is 12.9. The zero-order chi connectivity index (χ0) is 13.6. The van der Waals surface area contributed by atoms with E-state index < -0.39 is 47.0 Å². The van der Waals surface area contributed by atoms with Gasteiger partial charge in [-0.2, -0.15) is 0 Å². The molecule has 0 saturated heterocycles. The molecule has 0 aliphatic heterocycles. The summed E-state index contributed by atoms with van der Waals surface area (Å²) in [5.74, 6) is 0. The van der Waals surface area contributed by atoms with E-state index in [0.717, 1.165) is 13.1 Å². The van der Waals surface area contributed by atoms with E-state index in [2.05, 4.69) is 8.85 Å². The fraction of sp³-hybridized carbons (Fsp3) is 1.00. The molecule has 0 aromatic heterocycles. The van der Waals surface area contributed by atoms with Crippen LogP contribution >= 0.6 is 0 Å². The van der Waals surface area contributed by atoms with Gasteiger partial charge in [-0.25, -0.2) is 26.3 Å². The van der Waals surface area contributed by atoms with Gasteiger partial charge in [-0.15, -0.1) is 0 Å². The molecule has 0 bridgehead atoms. The molecular weight excluding hydrogens is 270 g/mol. The molecular formula is C8H14F6O2Si. The molecule has 0 N–H and O–H groups in total. The lowest BCUT2D eigenvalue weighted by molar-refractivity contribution is -0.0796. The fourth-order valence-electron chi connectivity index (χ4n) is 0.858. The van der Waals surface area contributed by atoms with Gasteiger partial charge in [0.2, 0.25) is 12.7 Å². The van der Waals surface area contributed by atoms with Crippen LogP contribution in [0.4, 0.5) is 26.3 Å². The van der Waals surface area contributed by atoms with Crippen molar-refractivity contribution in [1.29, 1.82) is 0 Å². The quantitative estimate of drug-likeness (QED) is 0.504. The minimum atomic E-state index is -3.55. The van der Waals surface area contributed by atoms with Gasteiger partial charge in [0.25, 0.3) is 0 Å². The van der Waals surface area contributed by atoms with Crippen molar-refractivity contribution in [2.24, 2.45) is 0 Å². The number of rotatable bonds is 8. The van der Waals surface area contributed by atoms with Crippen LogP contribution in [0.3, 0.4) is 0 Å². The predicted octanol–water partition coefficient (Wildman–Crippen LogP) is 2.93. The van der Waals surface area contributed by atoms with E-state index in [1.807, 2.05) is 0 Å². The molecule has 0 aliphatic carbocycles. The first-order chi connectivity index (χ1) is 7.73. The fourth-order valence-corrected chi connectivity index (χ4v) is 2.29. The van der Waals surface area contributed by atoms with Gasteiger partial charge in [-0.3, -0.25) is 0 Å². The van der Waals surface area contributed by atoms with Gasteiger partial charge in [0.05, 0.1) is 0 Å². The van der Waals surface area contributed by atoms with E-state index >= 15 is 0 Å². The molecule has 0 radical (unpaired) electrons. The molecule has 0 fully saturated rings. The van der Waals surface area contributed by atoms with Crippen molar-refractivity contribution < 1.29 is 35.2 Å². The van der Waals surface area contributed by atoms with Crippen molar-refractivity contribution in [2.45, 2.75) is 38.2 Å². The lowest BCUT2D eigenvalue weighted by atomic mass is 10.4. The summed E-state index contributed by atoms with van der Waals surface area (Å²) in [6.45, 7) is -1.02. The summed E-state index contributed by atoms with van der Waals surface area (Å²) in [6.07, 6.45) is -10.3. The molecule has 0 aromatic carbocycles. The van der Waals surface area contributed by atoms with Crippen molar-refractivity contribution in [3.05, 3.63) is 0 Å². The summed E-state index contributed by atoms with van der Waals surface area (Å²) < 4.78 is 82.9.